The predicted molar refractivity (Wildman–Crippen MR) is 78.5 cm³/mol. The summed E-state index contributed by atoms with van der Waals surface area (Å²) in [5.74, 6) is -0.262. The molecule has 0 aliphatic carbocycles. The number of anilines is 2. The zero-order valence-electron chi connectivity index (χ0n) is 11.8. The third kappa shape index (κ3) is 2.87. The molecule has 0 bridgehead atoms. The van der Waals surface area contributed by atoms with E-state index in [0.717, 1.165) is 24.5 Å². The molecule has 0 radical (unpaired) electrons. The van der Waals surface area contributed by atoms with E-state index in [1.54, 1.807) is 6.92 Å². The van der Waals surface area contributed by atoms with Gasteiger partial charge in [0, 0.05) is 13.1 Å². The Morgan fingerprint density at radius 2 is 2.05 bits per heavy atom. The normalized spacial score (nSPS) is 15.0. The van der Waals surface area contributed by atoms with Gasteiger partial charge in [-0.15, -0.1) is 0 Å². The van der Waals surface area contributed by atoms with Gasteiger partial charge in [-0.25, -0.2) is 0 Å². The van der Waals surface area contributed by atoms with E-state index in [-0.39, 0.29) is 5.91 Å². The lowest BCUT2D eigenvalue weighted by atomic mass is 10.2. The highest BCUT2D eigenvalue weighted by Gasteiger charge is 2.18. The number of nitrogens with zero attached hydrogens (tertiary/aromatic N) is 3. The van der Waals surface area contributed by atoms with Crippen molar-refractivity contribution < 1.29 is 9.53 Å². The van der Waals surface area contributed by atoms with Crippen molar-refractivity contribution in [2.75, 3.05) is 36.5 Å². The molecule has 2 heterocycles. The molecule has 1 saturated heterocycles. The maximum atomic E-state index is 12.3. The Bertz CT molecular complexity index is 634. The number of para-hydroxylation sites is 2. The fraction of sp³-hybridized carbons (Fsp3) is 0.357. The lowest BCUT2D eigenvalue weighted by molar-refractivity contribution is 0.102. The van der Waals surface area contributed by atoms with Crippen LogP contribution in [0.1, 0.15) is 16.2 Å². The van der Waals surface area contributed by atoms with Crippen LogP contribution in [0.15, 0.2) is 24.3 Å². The van der Waals surface area contributed by atoms with Crippen LogP contribution in [0.25, 0.3) is 0 Å². The molecule has 7 nitrogen and oxygen atoms in total. The number of hydrogen-bond donors (Lipinski definition) is 2. The van der Waals surface area contributed by atoms with Crippen LogP contribution in [0.3, 0.4) is 0 Å². The summed E-state index contributed by atoms with van der Waals surface area (Å²) >= 11 is 0. The van der Waals surface area contributed by atoms with Crippen LogP contribution < -0.4 is 10.2 Å². The predicted octanol–water partition coefficient (Wildman–Crippen LogP) is 1.20. The summed E-state index contributed by atoms with van der Waals surface area (Å²) in [5.41, 5.74) is 2.66. The molecule has 110 valence electrons. The third-order valence-electron chi connectivity index (χ3n) is 3.44. The molecule has 0 unspecified atom stereocenters. The average Bonchev–Trinajstić information content (AvgIpc) is 2.95. The highest BCUT2D eigenvalue weighted by Crippen LogP contribution is 2.26. The largest absolute Gasteiger partial charge is 0.378 e. The monoisotopic (exact) mass is 287 g/mol. The van der Waals surface area contributed by atoms with Gasteiger partial charge in [0.2, 0.25) is 0 Å². The molecule has 21 heavy (non-hydrogen) atoms. The minimum absolute atomic E-state index is 0.262. The smallest absolute Gasteiger partial charge is 0.278 e. The number of amides is 1. The molecule has 1 aliphatic heterocycles. The molecule has 2 aromatic rings. The van der Waals surface area contributed by atoms with Crippen molar-refractivity contribution in [3.05, 3.63) is 35.7 Å². The van der Waals surface area contributed by atoms with Crippen LogP contribution in [0.2, 0.25) is 0 Å². The molecule has 1 aromatic carbocycles. The Hall–Kier alpha value is -2.41. The molecule has 1 aliphatic rings. The SMILES string of the molecule is Cc1n[nH]nc1C(=O)Nc1ccccc1N1CCOCC1. The van der Waals surface area contributed by atoms with Crippen molar-refractivity contribution >= 4 is 17.3 Å². The number of morpholine rings is 1. The molecule has 3 rings (SSSR count). The van der Waals surface area contributed by atoms with Crippen LogP contribution in [-0.2, 0) is 4.74 Å². The van der Waals surface area contributed by atoms with Crippen molar-refractivity contribution in [3.8, 4) is 0 Å². The van der Waals surface area contributed by atoms with Gasteiger partial charge in [0.1, 0.15) is 0 Å². The number of ether oxygens (including phenoxy) is 1. The maximum absolute atomic E-state index is 12.3. The highest BCUT2D eigenvalue weighted by molar-refractivity contribution is 6.05. The number of rotatable bonds is 3. The Kier molecular flexibility index (Phi) is 3.83. The van der Waals surface area contributed by atoms with Gasteiger partial charge >= 0.3 is 0 Å². The van der Waals surface area contributed by atoms with Gasteiger partial charge in [-0.2, -0.15) is 15.4 Å². The van der Waals surface area contributed by atoms with Crippen LogP contribution in [0.4, 0.5) is 11.4 Å². The molecule has 0 spiro atoms. The number of carbonyl (C=O) groups is 1. The van der Waals surface area contributed by atoms with E-state index in [2.05, 4.69) is 25.6 Å². The summed E-state index contributed by atoms with van der Waals surface area (Å²) in [6.45, 7) is 4.77. The number of hydrogen-bond acceptors (Lipinski definition) is 5. The van der Waals surface area contributed by atoms with E-state index in [0.29, 0.717) is 24.6 Å². The van der Waals surface area contributed by atoms with Gasteiger partial charge in [-0.05, 0) is 19.1 Å². The lowest BCUT2D eigenvalue weighted by Crippen LogP contribution is -2.36. The van der Waals surface area contributed by atoms with Gasteiger partial charge in [0.25, 0.3) is 5.91 Å². The van der Waals surface area contributed by atoms with E-state index >= 15 is 0 Å². The zero-order valence-corrected chi connectivity index (χ0v) is 11.8. The van der Waals surface area contributed by atoms with Gasteiger partial charge in [-0.1, -0.05) is 12.1 Å². The maximum Gasteiger partial charge on any atom is 0.278 e. The number of aromatic nitrogens is 3. The topological polar surface area (TPSA) is 83.1 Å². The molecule has 1 aromatic heterocycles. The van der Waals surface area contributed by atoms with Crippen LogP contribution in [-0.4, -0.2) is 47.6 Å². The Morgan fingerprint density at radius 1 is 1.29 bits per heavy atom. The van der Waals surface area contributed by atoms with Crippen molar-refractivity contribution in [1.82, 2.24) is 15.4 Å². The summed E-state index contributed by atoms with van der Waals surface area (Å²) in [4.78, 5) is 14.5. The van der Waals surface area contributed by atoms with E-state index in [1.165, 1.54) is 0 Å². The van der Waals surface area contributed by atoms with Gasteiger partial charge in [-0.3, -0.25) is 4.79 Å². The first-order valence-corrected chi connectivity index (χ1v) is 6.86. The number of aryl methyl sites for hydroxylation is 1. The summed E-state index contributed by atoms with van der Waals surface area (Å²) in [7, 11) is 0. The number of aromatic amines is 1. The van der Waals surface area contributed by atoms with E-state index in [4.69, 9.17) is 4.74 Å². The van der Waals surface area contributed by atoms with Crippen LogP contribution >= 0.6 is 0 Å². The van der Waals surface area contributed by atoms with Crippen molar-refractivity contribution in [2.24, 2.45) is 0 Å². The van der Waals surface area contributed by atoms with Gasteiger partial charge < -0.3 is 15.0 Å². The van der Waals surface area contributed by atoms with E-state index in [1.807, 2.05) is 24.3 Å². The number of nitrogens with one attached hydrogen (secondary N) is 2. The second kappa shape index (κ2) is 5.92. The summed E-state index contributed by atoms with van der Waals surface area (Å²) in [5, 5.41) is 13.1. The zero-order chi connectivity index (χ0) is 14.7. The molecule has 0 atom stereocenters. The second-order valence-electron chi connectivity index (χ2n) is 4.83. The first kappa shape index (κ1) is 13.6. The highest BCUT2D eigenvalue weighted by atomic mass is 16.5. The molecule has 2 N–H and O–H groups in total. The standard InChI is InChI=1S/C14H17N5O2/c1-10-13(17-18-16-10)14(20)15-11-4-2-3-5-12(11)19-6-8-21-9-7-19/h2-5H,6-9H2,1H3,(H,15,20)(H,16,17,18). The van der Waals surface area contributed by atoms with Gasteiger partial charge in [0.15, 0.2) is 5.69 Å². The molecule has 1 amide bonds. The average molecular weight is 287 g/mol. The Morgan fingerprint density at radius 3 is 2.76 bits per heavy atom. The fourth-order valence-electron chi connectivity index (χ4n) is 2.34. The van der Waals surface area contributed by atoms with Crippen molar-refractivity contribution in [3.63, 3.8) is 0 Å². The van der Waals surface area contributed by atoms with Crippen molar-refractivity contribution in [1.29, 1.82) is 0 Å². The minimum Gasteiger partial charge on any atom is -0.378 e. The van der Waals surface area contributed by atoms with Crippen LogP contribution in [0, 0.1) is 6.92 Å². The quantitative estimate of drug-likeness (QED) is 0.886. The van der Waals surface area contributed by atoms with Crippen LogP contribution in [0.5, 0.6) is 0 Å². The first-order chi connectivity index (χ1) is 10.3. The molecule has 7 heteroatoms. The van der Waals surface area contributed by atoms with Gasteiger partial charge in [0.05, 0.1) is 30.3 Å². The number of carbonyl (C=O) groups excluding carboxylic acids is 1. The molecule has 0 saturated carbocycles. The van der Waals surface area contributed by atoms with Crippen molar-refractivity contribution in [2.45, 2.75) is 6.92 Å². The lowest BCUT2D eigenvalue weighted by Gasteiger charge is -2.30. The summed E-state index contributed by atoms with van der Waals surface area (Å²) < 4.78 is 5.37. The minimum atomic E-state index is -0.262. The summed E-state index contributed by atoms with van der Waals surface area (Å²) in [6, 6.07) is 7.74. The fourth-order valence-corrected chi connectivity index (χ4v) is 2.34. The van der Waals surface area contributed by atoms with E-state index < -0.39 is 0 Å². The first-order valence-electron chi connectivity index (χ1n) is 6.86. The van der Waals surface area contributed by atoms with E-state index in [9.17, 15) is 4.79 Å². The molecular formula is C14H17N5O2. The Balaban J connectivity index is 1.82. The number of H-pyrrole nitrogens is 1. The Labute approximate surface area is 122 Å². The second-order valence-corrected chi connectivity index (χ2v) is 4.83. The molecule has 1 fully saturated rings. The summed E-state index contributed by atoms with van der Waals surface area (Å²) in [6.07, 6.45) is 0. The third-order valence-corrected chi connectivity index (χ3v) is 3.44. The number of benzene rings is 1. The molecular weight excluding hydrogens is 270 g/mol.